The van der Waals surface area contributed by atoms with E-state index >= 15 is 0 Å². The highest BCUT2D eigenvalue weighted by Crippen LogP contribution is 2.07. The molecule has 0 aromatic heterocycles. The molecule has 0 aliphatic rings. The number of carbonyl (C=O) groups excluding carboxylic acids is 4. The maximum atomic E-state index is 11.3. The zero-order chi connectivity index (χ0) is 11.1. The summed E-state index contributed by atoms with van der Waals surface area (Å²) in [6, 6.07) is 0. The largest absolute Gasteiger partial charge is 0.303 e. The van der Waals surface area contributed by atoms with Crippen molar-refractivity contribution in [3.05, 3.63) is 0 Å². The fraction of sp³-hybridized carbons (Fsp3) is 0.600. The second-order valence-corrected chi connectivity index (χ2v) is 3.32. The standard InChI is InChI=1S/C10H14O4/c1-7(12)3-4-10(14)9(6-11)5-8(2)13/h6,9H,3-5H2,1-2H3. The lowest BCUT2D eigenvalue weighted by Gasteiger charge is -2.05. The molecule has 0 saturated carbocycles. The molecule has 0 fully saturated rings. The van der Waals surface area contributed by atoms with Gasteiger partial charge in [-0.1, -0.05) is 0 Å². The summed E-state index contributed by atoms with van der Waals surface area (Å²) in [7, 11) is 0. The van der Waals surface area contributed by atoms with Crippen LogP contribution in [0.2, 0.25) is 0 Å². The summed E-state index contributed by atoms with van der Waals surface area (Å²) >= 11 is 0. The molecule has 0 radical (unpaired) electrons. The predicted molar refractivity (Wildman–Crippen MR) is 49.8 cm³/mol. The number of ketones is 3. The van der Waals surface area contributed by atoms with Crippen LogP contribution in [0, 0.1) is 5.92 Å². The number of hydrogen-bond acceptors (Lipinski definition) is 4. The Morgan fingerprint density at radius 1 is 1.07 bits per heavy atom. The maximum absolute atomic E-state index is 11.3. The Bertz CT molecular complexity index is 255. The summed E-state index contributed by atoms with van der Waals surface area (Å²) < 4.78 is 0. The van der Waals surface area contributed by atoms with Gasteiger partial charge >= 0.3 is 0 Å². The van der Waals surface area contributed by atoms with Crippen molar-refractivity contribution >= 4 is 23.6 Å². The van der Waals surface area contributed by atoms with Gasteiger partial charge in [-0.25, -0.2) is 0 Å². The second-order valence-electron chi connectivity index (χ2n) is 3.32. The lowest BCUT2D eigenvalue weighted by atomic mass is 9.96. The molecule has 0 aromatic carbocycles. The number of Topliss-reactive ketones (excluding diaryl/α,β-unsaturated/α-hetero) is 3. The van der Waals surface area contributed by atoms with E-state index in [0.29, 0.717) is 6.29 Å². The molecule has 0 heterocycles. The van der Waals surface area contributed by atoms with Crippen molar-refractivity contribution in [2.45, 2.75) is 33.1 Å². The van der Waals surface area contributed by atoms with E-state index in [1.54, 1.807) is 0 Å². The molecule has 0 N–H and O–H groups in total. The summed E-state index contributed by atoms with van der Waals surface area (Å²) in [6.45, 7) is 2.71. The van der Waals surface area contributed by atoms with Crippen LogP contribution in [0.25, 0.3) is 0 Å². The zero-order valence-corrected chi connectivity index (χ0v) is 8.41. The van der Waals surface area contributed by atoms with Gasteiger partial charge in [-0.05, 0) is 13.8 Å². The molecule has 0 aliphatic heterocycles. The Hall–Kier alpha value is -1.32. The molecule has 14 heavy (non-hydrogen) atoms. The van der Waals surface area contributed by atoms with Gasteiger partial charge in [0.1, 0.15) is 23.6 Å². The van der Waals surface area contributed by atoms with Crippen molar-refractivity contribution in [2.24, 2.45) is 5.92 Å². The Balaban J connectivity index is 4.10. The Kier molecular flexibility index (Phi) is 5.60. The van der Waals surface area contributed by atoms with E-state index in [4.69, 9.17) is 0 Å². The summed E-state index contributed by atoms with van der Waals surface area (Å²) in [6.07, 6.45) is 0.608. The summed E-state index contributed by atoms with van der Waals surface area (Å²) in [5.41, 5.74) is 0. The van der Waals surface area contributed by atoms with Gasteiger partial charge in [-0.2, -0.15) is 0 Å². The first-order valence-electron chi connectivity index (χ1n) is 4.44. The van der Waals surface area contributed by atoms with Crippen molar-refractivity contribution in [3.8, 4) is 0 Å². The van der Waals surface area contributed by atoms with Crippen LogP contribution >= 0.6 is 0 Å². The topological polar surface area (TPSA) is 68.3 Å². The Labute approximate surface area is 82.7 Å². The molecule has 0 aliphatic carbocycles. The Morgan fingerprint density at radius 3 is 2.00 bits per heavy atom. The number of hydrogen-bond donors (Lipinski definition) is 0. The third-order valence-corrected chi connectivity index (χ3v) is 1.81. The lowest BCUT2D eigenvalue weighted by molar-refractivity contribution is -0.132. The quantitative estimate of drug-likeness (QED) is 0.446. The van der Waals surface area contributed by atoms with E-state index in [1.165, 1.54) is 13.8 Å². The fourth-order valence-electron chi connectivity index (χ4n) is 1.03. The average Bonchev–Trinajstić information content (AvgIpc) is 2.09. The smallest absolute Gasteiger partial charge is 0.143 e. The number of rotatable bonds is 7. The molecule has 1 unspecified atom stereocenters. The van der Waals surface area contributed by atoms with Crippen LogP contribution in [0.1, 0.15) is 33.1 Å². The first-order chi connectivity index (χ1) is 6.47. The van der Waals surface area contributed by atoms with Crippen LogP contribution in [-0.4, -0.2) is 23.6 Å². The molecule has 0 spiro atoms. The monoisotopic (exact) mass is 198 g/mol. The molecule has 0 aromatic rings. The zero-order valence-electron chi connectivity index (χ0n) is 8.41. The third-order valence-electron chi connectivity index (χ3n) is 1.81. The van der Waals surface area contributed by atoms with Crippen LogP contribution in [-0.2, 0) is 19.2 Å². The molecule has 4 heteroatoms. The van der Waals surface area contributed by atoms with Gasteiger partial charge in [-0.3, -0.25) is 9.59 Å². The molecule has 78 valence electrons. The minimum Gasteiger partial charge on any atom is -0.303 e. The Morgan fingerprint density at radius 2 is 1.64 bits per heavy atom. The number of carbonyl (C=O) groups is 4. The highest BCUT2D eigenvalue weighted by molar-refractivity contribution is 5.98. The van der Waals surface area contributed by atoms with E-state index in [9.17, 15) is 19.2 Å². The van der Waals surface area contributed by atoms with E-state index in [1.807, 2.05) is 0 Å². The molecule has 0 saturated heterocycles. The van der Waals surface area contributed by atoms with Gasteiger partial charge in [0.25, 0.3) is 0 Å². The van der Waals surface area contributed by atoms with Crippen LogP contribution in [0.15, 0.2) is 0 Å². The predicted octanol–water partition coefficient (Wildman–Crippen LogP) is 0.719. The normalized spacial score (nSPS) is 11.9. The minimum atomic E-state index is -0.869. The average molecular weight is 198 g/mol. The number of aldehydes is 1. The van der Waals surface area contributed by atoms with Crippen LogP contribution < -0.4 is 0 Å². The van der Waals surface area contributed by atoms with Crippen LogP contribution in [0.5, 0.6) is 0 Å². The van der Waals surface area contributed by atoms with E-state index < -0.39 is 5.92 Å². The highest BCUT2D eigenvalue weighted by atomic mass is 16.1. The van der Waals surface area contributed by atoms with Gasteiger partial charge in [0.2, 0.25) is 0 Å². The van der Waals surface area contributed by atoms with Crippen LogP contribution in [0.3, 0.4) is 0 Å². The summed E-state index contributed by atoms with van der Waals surface area (Å²) in [5.74, 6) is -1.48. The van der Waals surface area contributed by atoms with Crippen molar-refractivity contribution in [1.82, 2.24) is 0 Å². The van der Waals surface area contributed by atoms with Gasteiger partial charge in [0.05, 0.1) is 5.92 Å². The first-order valence-corrected chi connectivity index (χ1v) is 4.44. The van der Waals surface area contributed by atoms with E-state index in [2.05, 4.69) is 0 Å². The highest BCUT2D eigenvalue weighted by Gasteiger charge is 2.19. The van der Waals surface area contributed by atoms with E-state index in [0.717, 1.165) is 0 Å². The summed E-state index contributed by atoms with van der Waals surface area (Å²) in [5, 5.41) is 0. The molecule has 4 nitrogen and oxygen atoms in total. The maximum Gasteiger partial charge on any atom is 0.143 e. The molecular formula is C10H14O4. The van der Waals surface area contributed by atoms with Crippen molar-refractivity contribution < 1.29 is 19.2 Å². The minimum absolute atomic E-state index is 0.0476. The van der Waals surface area contributed by atoms with Gasteiger partial charge in [-0.15, -0.1) is 0 Å². The molecule has 1 atom stereocenters. The van der Waals surface area contributed by atoms with Crippen molar-refractivity contribution in [2.75, 3.05) is 0 Å². The van der Waals surface area contributed by atoms with Crippen molar-refractivity contribution in [1.29, 1.82) is 0 Å². The molecule has 0 bridgehead atoms. The third kappa shape index (κ3) is 5.35. The fourth-order valence-corrected chi connectivity index (χ4v) is 1.03. The molecular weight excluding hydrogens is 184 g/mol. The van der Waals surface area contributed by atoms with Gasteiger partial charge in [0, 0.05) is 19.3 Å². The van der Waals surface area contributed by atoms with Crippen molar-refractivity contribution in [3.63, 3.8) is 0 Å². The second kappa shape index (κ2) is 6.18. The SMILES string of the molecule is CC(=O)CCC(=O)C(C=O)CC(C)=O. The molecule has 0 rings (SSSR count). The van der Waals surface area contributed by atoms with E-state index in [-0.39, 0.29) is 36.6 Å². The lowest BCUT2D eigenvalue weighted by Crippen LogP contribution is -2.19. The summed E-state index contributed by atoms with van der Waals surface area (Å²) in [4.78, 5) is 43.0. The van der Waals surface area contributed by atoms with Gasteiger partial charge < -0.3 is 9.59 Å². The first kappa shape index (κ1) is 12.7. The van der Waals surface area contributed by atoms with Gasteiger partial charge in [0.15, 0.2) is 0 Å². The van der Waals surface area contributed by atoms with Crippen LogP contribution in [0.4, 0.5) is 0 Å². The molecule has 0 amide bonds.